The number of piperidine rings is 1. The average Bonchev–Trinajstić information content (AvgIpc) is 2.80. The van der Waals surface area contributed by atoms with E-state index >= 15 is 0 Å². The maximum Gasteiger partial charge on any atom is 0.271 e. The number of nitrogens with zero attached hydrogens (tertiary/aromatic N) is 2. The summed E-state index contributed by atoms with van der Waals surface area (Å²) in [7, 11) is 0. The standard InChI is InChI=1S/C12H13N3O3S/c16-15(17)8-3-4-11-10(6-8)14-12(18-11)19-9-2-1-5-13-7-9/h3-4,6,9,13H,1-2,5,7H2/t9-/m0/s1. The minimum Gasteiger partial charge on any atom is -0.431 e. The van der Waals surface area contributed by atoms with E-state index in [9.17, 15) is 10.1 Å². The summed E-state index contributed by atoms with van der Waals surface area (Å²) < 4.78 is 5.61. The van der Waals surface area contributed by atoms with Crippen LogP contribution in [0.4, 0.5) is 5.69 Å². The normalized spacial score (nSPS) is 19.7. The van der Waals surface area contributed by atoms with Crippen molar-refractivity contribution in [1.82, 2.24) is 10.3 Å². The van der Waals surface area contributed by atoms with Gasteiger partial charge in [0.2, 0.25) is 0 Å². The second-order valence-corrected chi connectivity index (χ2v) is 5.73. The number of non-ortho nitro benzene ring substituents is 1. The zero-order chi connectivity index (χ0) is 13.2. The summed E-state index contributed by atoms with van der Waals surface area (Å²) >= 11 is 1.59. The molecule has 2 aromatic rings. The second kappa shape index (κ2) is 5.18. The Labute approximate surface area is 113 Å². The van der Waals surface area contributed by atoms with Gasteiger partial charge >= 0.3 is 0 Å². The number of nitro benzene ring substituents is 1. The lowest BCUT2D eigenvalue weighted by atomic mass is 10.2. The highest BCUT2D eigenvalue weighted by Crippen LogP contribution is 2.30. The van der Waals surface area contributed by atoms with Crippen LogP contribution in [0.5, 0.6) is 0 Å². The highest BCUT2D eigenvalue weighted by Gasteiger charge is 2.18. The van der Waals surface area contributed by atoms with E-state index < -0.39 is 4.92 Å². The van der Waals surface area contributed by atoms with E-state index in [-0.39, 0.29) is 5.69 Å². The van der Waals surface area contributed by atoms with Crippen molar-refractivity contribution in [2.24, 2.45) is 0 Å². The summed E-state index contributed by atoms with van der Waals surface area (Å²) in [5.41, 5.74) is 1.18. The van der Waals surface area contributed by atoms with Gasteiger partial charge in [-0.3, -0.25) is 10.1 Å². The van der Waals surface area contributed by atoms with Gasteiger partial charge in [-0.15, -0.1) is 0 Å². The van der Waals surface area contributed by atoms with Crippen molar-refractivity contribution < 1.29 is 9.34 Å². The molecule has 100 valence electrons. The lowest BCUT2D eigenvalue weighted by Gasteiger charge is -2.20. The van der Waals surface area contributed by atoms with Gasteiger partial charge < -0.3 is 9.73 Å². The monoisotopic (exact) mass is 279 g/mol. The topological polar surface area (TPSA) is 81.2 Å². The molecule has 6 nitrogen and oxygen atoms in total. The number of fused-ring (bicyclic) bond motifs is 1. The molecule has 1 aromatic carbocycles. The second-order valence-electron chi connectivity index (χ2n) is 4.48. The third-order valence-electron chi connectivity index (χ3n) is 3.08. The van der Waals surface area contributed by atoms with E-state index in [0.29, 0.717) is 21.6 Å². The molecule has 2 heterocycles. The summed E-state index contributed by atoms with van der Waals surface area (Å²) in [5, 5.41) is 15.1. The Kier molecular flexibility index (Phi) is 3.39. The van der Waals surface area contributed by atoms with Crippen LogP contribution in [-0.4, -0.2) is 28.2 Å². The number of oxazole rings is 1. The molecule has 0 unspecified atom stereocenters. The lowest BCUT2D eigenvalue weighted by molar-refractivity contribution is -0.384. The van der Waals surface area contributed by atoms with Crippen molar-refractivity contribution >= 4 is 28.5 Å². The van der Waals surface area contributed by atoms with Gasteiger partial charge in [-0.25, -0.2) is 4.98 Å². The molecular formula is C12H13N3O3S. The number of aromatic nitrogens is 1. The van der Waals surface area contributed by atoms with Gasteiger partial charge in [0.05, 0.1) is 4.92 Å². The third-order valence-corrected chi connectivity index (χ3v) is 4.19. The zero-order valence-corrected chi connectivity index (χ0v) is 11.0. The number of nitro groups is 1. The quantitative estimate of drug-likeness (QED) is 0.687. The van der Waals surface area contributed by atoms with Gasteiger partial charge in [0, 0.05) is 23.9 Å². The van der Waals surface area contributed by atoms with Gasteiger partial charge in [-0.1, -0.05) is 11.8 Å². The van der Waals surface area contributed by atoms with Crippen molar-refractivity contribution in [3.8, 4) is 0 Å². The molecule has 1 aromatic heterocycles. The number of nitrogens with one attached hydrogen (secondary N) is 1. The first-order chi connectivity index (χ1) is 9.22. The average molecular weight is 279 g/mol. The van der Waals surface area contributed by atoms with Crippen molar-refractivity contribution in [3.05, 3.63) is 28.3 Å². The maximum absolute atomic E-state index is 10.7. The highest BCUT2D eigenvalue weighted by atomic mass is 32.2. The lowest BCUT2D eigenvalue weighted by Crippen LogP contribution is -2.31. The number of hydrogen-bond acceptors (Lipinski definition) is 6. The largest absolute Gasteiger partial charge is 0.431 e. The van der Waals surface area contributed by atoms with E-state index in [2.05, 4.69) is 10.3 Å². The molecule has 1 atom stereocenters. The molecule has 3 rings (SSSR count). The molecule has 1 N–H and O–H groups in total. The van der Waals surface area contributed by atoms with E-state index in [1.807, 2.05) is 0 Å². The number of rotatable bonds is 3. The molecule has 19 heavy (non-hydrogen) atoms. The Balaban J connectivity index is 1.82. The van der Waals surface area contributed by atoms with E-state index in [4.69, 9.17) is 4.42 Å². The fourth-order valence-electron chi connectivity index (χ4n) is 2.12. The molecule has 0 amide bonds. The van der Waals surface area contributed by atoms with Crippen LogP contribution in [0.2, 0.25) is 0 Å². The molecule has 7 heteroatoms. The van der Waals surface area contributed by atoms with Gasteiger partial charge in [-0.05, 0) is 25.5 Å². The number of benzene rings is 1. The molecule has 1 fully saturated rings. The number of thioether (sulfide) groups is 1. The Morgan fingerprint density at radius 1 is 1.53 bits per heavy atom. The smallest absolute Gasteiger partial charge is 0.271 e. The van der Waals surface area contributed by atoms with Crippen molar-refractivity contribution in [1.29, 1.82) is 0 Å². The first kappa shape index (κ1) is 12.4. The summed E-state index contributed by atoms with van der Waals surface area (Å²) in [6.07, 6.45) is 2.29. The summed E-state index contributed by atoms with van der Waals surface area (Å²) in [6.45, 7) is 2.01. The van der Waals surface area contributed by atoms with Gasteiger partial charge in [0.15, 0.2) is 5.58 Å². The third kappa shape index (κ3) is 2.71. The Bertz CT molecular complexity index is 607. The van der Waals surface area contributed by atoms with Crippen LogP contribution in [0.25, 0.3) is 11.1 Å². The first-order valence-electron chi connectivity index (χ1n) is 6.15. The molecule has 1 aliphatic rings. The van der Waals surface area contributed by atoms with Crippen LogP contribution in [0.15, 0.2) is 27.8 Å². The molecule has 0 spiro atoms. The van der Waals surface area contributed by atoms with Crippen molar-refractivity contribution in [2.75, 3.05) is 13.1 Å². The fourth-order valence-corrected chi connectivity index (χ4v) is 3.18. The van der Waals surface area contributed by atoms with Crippen LogP contribution >= 0.6 is 11.8 Å². The SMILES string of the molecule is O=[N+]([O-])c1ccc2oc(S[C@H]3CCCNC3)nc2c1. The van der Waals surface area contributed by atoms with Gasteiger partial charge in [0.25, 0.3) is 10.9 Å². The Morgan fingerprint density at radius 2 is 2.42 bits per heavy atom. The molecule has 0 saturated carbocycles. The van der Waals surface area contributed by atoms with Crippen LogP contribution in [0.1, 0.15) is 12.8 Å². The molecule has 0 bridgehead atoms. The van der Waals surface area contributed by atoms with Crippen molar-refractivity contribution in [3.63, 3.8) is 0 Å². The number of hydrogen-bond donors (Lipinski definition) is 1. The van der Waals surface area contributed by atoms with Crippen LogP contribution in [-0.2, 0) is 0 Å². The summed E-state index contributed by atoms with van der Waals surface area (Å²) in [4.78, 5) is 14.6. The first-order valence-corrected chi connectivity index (χ1v) is 7.03. The maximum atomic E-state index is 10.7. The van der Waals surface area contributed by atoms with Crippen LogP contribution in [0, 0.1) is 10.1 Å². The van der Waals surface area contributed by atoms with Crippen molar-refractivity contribution in [2.45, 2.75) is 23.3 Å². The Hall–Kier alpha value is -1.60. The van der Waals surface area contributed by atoms with E-state index in [0.717, 1.165) is 25.9 Å². The summed E-state index contributed by atoms with van der Waals surface area (Å²) in [5.74, 6) is 0. The Morgan fingerprint density at radius 3 is 3.16 bits per heavy atom. The molecule has 1 saturated heterocycles. The van der Waals surface area contributed by atoms with Crippen LogP contribution < -0.4 is 5.32 Å². The van der Waals surface area contributed by atoms with Gasteiger partial charge in [0.1, 0.15) is 5.52 Å². The van der Waals surface area contributed by atoms with E-state index in [1.54, 1.807) is 17.8 Å². The minimum atomic E-state index is -0.425. The summed E-state index contributed by atoms with van der Waals surface area (Å²) in [6, 6.07) is 4.48. The molecular weight excluding hydrogens is 266 g/mol. The van der Waals surface area contributed by atoms with Gasteiger partial charge in [-0.2, -0.15) is 0 Å². The predicted molar refractivity (Wildman–Crippen MR) is 72.4 cm³/mol. The zero-order valence-electron chi connectivity index (χ0n) is 10.2. The minimum absolute atomic E-state index is 0.0386. The van der Waals surface area contributed by atoms with E-state index in [1.165, 1.54) is 12.1 Å². The molecule has 0 radical (unpaired) electrons. The highest BCUT2D eigenvalue weighted by molar-refractivity contribution is 7.99. The fraction of sp³-hybridized carbons (Fsp3) is 0.417. The molecule has 0 aliphatic carbocycles. The predicted octanol–water partition coefficient (Wildman–Crippen LogP) is 2.58. The van der Waals surface area contributed by atoms with Crippen LogP contribution in [0.3, 0.4) is 0 Å². The molecule has 1 aliphatic heterocycles.